The molecule has 6 nitrogen and oxygen atoms in total. The Balaban J connectivity index is 2.56. The molecule has 0 saturated carbocycles. The lowest BCUT2D eigenvalue weighted by atomic mass is 10.2. The number of hydrogen-bond donors (Lipinski definition) is 3. The van der Waals surface area contributed by atoms with Gasteiger partial charge in [-0.3, -0.25) is 0 Å². The monoisotopic (exact) mass is 299 g/mol. The molecular weight excluding hydrogens is 274 g/mol. The number of nitrogens with one attached hydrogen (secondary N) is 2. The van der Waals surface area contributed by atoms with Gasteiger partial charge in [0.05, 0.1) is 12.2 Å². The van der Waals surface area contributed by atoms with Gasteiger partial charge in [-0.2, -0.15) is 0 Å². The molecule has 0 radical (unpaired) electrons. The van der Waals surface area contributed by atoms with Crippen LogP contribution >= 0.6 is 11.3 Å². The molecule has 114 valence electrons. The van der Waals surface area contributed by atoms with Crippen LogP contribution in [0.15, 0.2) is 10.4 Å². The van der Waals surface area contributed by atoms with Gasteiger partial charge in [0.25, 0.3) is 0 Å². The van der Waals surface area contributed by atoms with Crippen LogP contribution in [0.3, 0.4) is 0 Å². The molecule has 1 rings (SSSR count). The number of aliphatic imine (C=N–C) groups is 1. The third-order valence-electron chi connectivity index (χ3n) is 2.60. The fourth-order valence-electron chi connectivity index (χ4n) is 1.41. The maximum Gasteiger partial charge on any atom is 0.191 e. The molecule has 1 aromatic rings. The topological polar surface area (TPSA) is 72.8 Å². The summed E-state index contributed by atoms with van der Waals surface area (Å²) in [6.07, 6.45) is 0. The van der Waals surface area contributed by atoms with Crippen molar-refractivity contribution in [2.45, 2.75) is 20.4 Å². The molecule has 3 N–H and O–H groups in total. The predicted octanol–water partition coefficient (Wildman–Crippen LogP) is 0.893. The zero-order valence-electron chi connectivity index (χ0n) is 12.7. The minimum Gasteiger partial charge on any atom is -0.396 e. The molecule has 0 aliphatic heterocycles. The number of hydrogen-bond acceptors (Lipinski definition) is 5. The Morgan fingerprint density at radius 3 is 2.80 bits per heavy atom. The van der Waals surface area contributed by atoms with Gasteiger partial charge in [0, 0.05) is 39.2 Å². The smallest absolute Gasteiger partial charge is 0.191 e. The third-order valence-corrected chi connectivity index (χ3v) is 3.65. The standard InChI is InChI=1S/C13H25N5OS/c1-5-14-12(15-6-10(2)8-19)16-7-11-9-20-13(17-11)18(3)4/h9-10,19H,5-8H2,1-4H3,(H2,14,15,16). The number of nitrogens with zero attached hydrogens (tertiary/aromatic N) is 3. The summed E-state index contributed by atoms with van der Waals surface area (Å²) in [6.45, 7) is 6.24. The van der Waals surface area contributed by atoms with E-state index in [1.807, 2.05) is 38.2 Å². The predicted molar refractivity (Wildman–Crippen MR) is 85.5 cm³/mol. The van der Waals surface area contributed by atoms with Gasteiger partial charge in [-0.1, -0.05) is 6.92 Å². The number of guanidine groups is 1. The maximum absolute atomic E-state index is 9.03. The normalized spacial score (nSPS) is 13.2. The van der Waals surface area contributed by atoms with Crippen LogP contribution in [0, 0.1) is 5.92 Å². The van der Waals surface area contributed by atoms with E-state index in [9.17, 15) is 0 Å². The van der Waals surface area contributed by atoms with E-state index in [4.69, 9.17) is 5.11 Å². The average Bonchev–Trinajstić information content (AvgIpc) is 2.90. The summed E-state index contributed by atoms with van der Waals surface area (Å²) < 4.78 is 0. The highest BCUT2D eigenvalue weighted by Crippen LogP contribution is 2.18. The lowest BCUT2D eigenvalue weighted by molar-refractivity contribution is 0.238. The van der Waals surface area contributed by atoms with Crippen molar-refractivity contribution in [3.63, 3.8) is 0 Å². The molecule has 0 spiro atoms. The zero-order valence-corrected chi connectivity index (χ0v) is 13.5. The number of aliphatic hydroxyl groups is 1. The Morgan fingerprint density at radius 2 is 2.25 bits per heavy atom. The number of aliphatic hydroxyl groups excluding tert-OH is 1. The second kappa shape index (κ2) is 8.76. The highest BCUT2D eigenvalue weighted by atomic mass is 32.1. The largest absolute Gasteiger partial charge is 0.396 e. The van der Waals surface area contributed by atoms with Crippen LogP contribution in [-0.2, 0) is 6.54 Å². The molecule has 7 heteroatoms. The minimum atomic E-state index is 0.171. The van der Waals surface area contributed by atoms with Crippen molar-refractivity contribution < 1.29 is 5.11 Å². The van der Waals surface area contributed by atoms with Gasteiger partial charge in [-0.15, -0.1) is 11.3 Å². The quantitative estimate of drug-likeness (QED) is 0.515. The lowest BCUT2D eigenvalue weighted by Crippen LogP contribution is -2.39. The van der Waals surface area contributed by atoms with E-state index < -0.39 is 0 Å². The van der Waals surface area contributed by atoms with Crippen molar-refractivity contribution in [1.82, 2.24) is 15.6 Å². The van der Waals surface area contributed by atoms with Gasteiger partial charge in [-0.05, 0) is 12.8 Å². The van der Waals surface area contributed by atoms with Crippen molar-refractivity contribution in [3.8, 4) is 0 Å². The average molecular weight is 299 g/mol. The Kier molecular flexibility index (Phi) is 7.32. The van der Waals surface area contributed by atoms with Crippen LogP contribution in [-0.4, -0.2) is 49.8 Å². The molecule has 1 atom stereocenters. The van der Waals surface area contributed by atoms with Crippen LogP contribution in [0.2, 0.25) is 0 Å². The third kappa shape index (κ3) is 5.75. The Morgan fingerprint density at radius 1 is 1.50 bits per heavy atom. The molecular formula is C13H25N5OS. The van der Waals surface area contributed by atoms with Crippen molar-refractivity contribution in [1.29, 1.82) is 0 Å². The van der Waals surface area contributed by atoms with Gasteiger partial charge in [0.2, 0.25) is 0 Å². The van der Waals surface area contributed by atoms with E-state index in [1.165, 1.54) is 0 Å². The summed E-state index contributed by atoms with van der Waals surface area (Å²) in [7, 11) is 3.96. The first-order valence-corrected chi connectivity index (χ1v) is 7.69. The fourth-order valence-corrected chi connectivity index (χ4v) is 2.16. The molecule has 0 bridgehead atoms. The Hall–Kier alpha value is -1.34. The highest BCUT2D eigenvalue weighted by Gasteiger charge is 2.05. The fraction of sp³-hybridized carbons (Fsp3) is 0.692. The molecule has 0 fully saturated rings. The summed E-state index contributed by atoms with van der Waals surface area (Å²) >= 11 is 1.62. The van der Waals surface area contributed by atoms with Crippen molar-refractivity contribution >= 4 is 22.4 Å². The van der Waals surface area contributed by atoms with Gasteiger partial charge in [-0.25, -0.2) is 9.98 Å². The minimum absolute atomic E-state index is 0.171. The first kappa shape index (κ1) is 16.7. The summed E-state index contributed by atoms with van der Waals surface area (Å²) in [5.41, 5.74) is 0.964. The van der Waals surface area contributed by atoms with E-state index in [-0.39, 0.29) is 12.5 Å². The Bertz CT molecular complexity index is 419. The second-order valence-corrected chi connectivity index (χ2v) is 5.72. The number of thiazole rings is 1. The van der Waals surface area contributed by atoms with Crippen LogP contribution in [0.4, 0.5) is 5.13 Å². The van der Waals surface area contributed by atoms with E-state index >= 15 is 0 Å². The van der Waals surface area contributed by atoms with E-state index in [1.54, 1.807) is 11.3 Å². The number of rotatable bonds is 7. The molecule has 0 amide bonds. The summed E-state index contributed by atoms with van der Waals surface area (Å²) in [6, 6.07) is 0. The van der Waals surface area contributed by atoms with E-state index in [0.29, 0.717) is 13.1 Å². The molecule has 1 heterocycles. The lowest BCUT2D eigenvalue weighted by Gasteiger charge is -2.13. The van der Waals surface area contributed by atoms with E-state index in [0.717, 1.165) is 23.3 Å². The molecule has 1 unspecified atom stereocenters. The summed E-state index contributed by atoms with van der Waals surface area (Å²) in [5.74, 6) is 0.964. The SMILES string of the molecule is CCNC(=NCc1csc(N(C)C)n1)NCC(C)CO. The molecule has 0 saturated heterocycles. The number of anilines is 1. The zero-order chi connectivity index (χ0) is 15.0. The van der Waals surface area contributed by atoms with Crippen molar-refractivity contribution in [2.24, 2.45) is 10.9 Å². The van der Waals surface area contributed by atoms with Crippen LogP contribution in [0.1, 0.15) is 19.5 Å². The van der Waals surface area contributed by atoms with Crippen molar-refractivity contribution in [3.05, 3.63) is 11.1 Å². The summed E-state index contributed by atoms with van der Waals surface area (Å²) in [4.78, 5) is 11.0. The van der Waals surface area contributed by atoms with E-state index in [2.05, 4.69) is 20.6 Å². The van der Waals surface area contributed by atoms with Crippen molar-refractivity contribution in [2.75, 3.05) is 38.7 Å². The maximum atomic E-state index is 9.03. The molecule has 20 heavy (non-hydrogen) atoms. The van der Waals surface area contributed by atoms with Gasteiger partial charge >= 0.3 is 0 Å². The first-order chi connectivity index (χ1) is 9.56. The van der Waals surface area contributed by atoms with Gasteiger partial charge < -0.3 is 20.6 Å². The molecule has 0 aliphatic rings. The molecule has 0 aliphatic carbocycles. The number of aromatic nitrogens is 1. The van der Waals surface area contributed by atoms with Gasteiger partial charge in [0.15, 0.2) is 11.1 Å². The second-order valence-electron chi connectivity index (χ2n) is 4.88. The van der Waals surface area contributed by atoms with Crippen LogP contribution in [0.5, 0.6) is 0 Å². The van der Waals surface area contributed by atoms with Crippen LogP contribution < -0.4 is 15.5 Å². The van der Waals surface area contributed by atoms with Gasteiger partial charge in [0.1, 0.15) is 0 Å². The highest BCUT2D eigenvalue weighted by molar-refractivity contribution is 7.13. The summed E-state index contributed by atoms with van der Waals surface area (Å²) in [5, 5.41) is 18.4. The Labute approximate surface area is 124 Å². The molecule has 0 aromatic carbocycles. The first-order valence-electron chi connectivity index (χ1n) is 6.81. The molecule has 1 aromatic heterocycles. The van der Waals surface area contributed by atoms with Crippen LogP contribution in [0.25, 0.3) is 0 Å².